The Labute approximate surface area is 177 Å². The van der Waals surface area contributed by atoms with Crippen LogP contribution in [0.5, 0.6) is 5.75 Å². The Morgan fingerprint density at radius 2 is 2.03 bits per heavy atom. The third kappa shape index (κ3) is 2.93. The van der Waals surface area contributed by atoms with Crippen molar-refractivity contribution in [1.82, 2.24) is 0 Å². The van der Waals surface area contributed by atoms with Crippen LogP contribution in [0.3, 0.4) is 0 Å². The van der Waals surface area contributed by atoms with Crippen LogP contribution in [0.1, 0.15) is 37.3 Å². The van der Waals surface area contributed by atoms with E-state index >= 15 is 0 Å². The van der Waals surface area contributed by atoms with Crippen molar-refractivity contribution < 1.29 is 9.47 Å². The SMILES string of the molecule is CC#CC1=C/C(c2ccc3c(c2)C2(CCCC(N)=N2)C2(COC2)CO3)=C\C=C\C=C\1. The number of amidine groups is 1. The van der Waals surface area contributed by atoms with Gasteiger partial charge in [-0.3, -0.25) is 4.99 Å². The highest BCUT2D eigenvalue weighted by molar-refractivity contribution is 5.83. The summed E-state index contributed by atoms with van der Waals surface area (Å²) in [5.41, 5.74) is 10.1. The van der Waals surface area contributed by atoms with Crippen LogP contribution in [0.2, 0.25) is 0 Å². The number of rotatable bonds is 1. The Bertz CT molecular complexity index is 1090. The molecule has 3 aliphatic heterocycles. The van der Waals surface area contributed by atoms with E-state index in [1.54, 1.807) is 0 Å². The van der Waals surface area contributed by atoms with Gasteiger partial charge in [-0.15, -0.1) is 5.92 Å². The van der Waals surface area contributed by atoms with Gasteiger partial charge in [-0.05, 0) is 55.2 Å². The van der Waals surface area contributed by atoms with Crippen molar-refractivity contribution >= 4 is 11.4 Å². The quantitative estimate of drug-likeness (QED) is 0.718. The number of benzene rings is 1. The predicted molar refractivity (Wildman–Crippen MR) is 120 cm³/mol. The van der Waals surface area contributed by atoms with Crippen molar-refractivity contribution in [2.75, 3.05) is 19.8 Å². The zero-order chi connectivity index (χ0) is 20.6. The van der Waals surface area contributed by atoms with Crippen LogP contribution in [-0.4, -0.2) is 25.7 Å². The highest BCUT2D eigenvalue weighted by Crippen LogP contribution is 2.58. The second-order valence-electron chi connectivity index (χ2n) is 8.43. The molecular weight excluding hydrogens is 372 g/mol. The Balaban J connectivity index is 1.66. The molecule has 1 aromatic carbocycles. The van der Waals surface area contributed by atoms with Gasteiger partial charge in [0.2, 0.25) is 0 Å². The highest BCUT2D eigenvalue weighted by atomic mass is 16.5. The fourth-order valence-electron chi connectivity index (χ4n) is 4.96. The molecular formula is C26H26N2O2. The molecule has 30 heavy (non-hydrogen) atoms. The van der Waals surface area contributed by atoms with Gasteiger partial charge in [0, 0.05) is 17.6 Å². The topological polar surface area (TPSA) is 56.8 Å². The molecule has 152 valence electrons. The van der Waals surface area contributed by atoms with E-state index in [9.17, 15) is 0 Å². The maximum absolute atomic E-state index is 6.28. The van der Waals surface area contributed by atoms with Crippen LogP contribution >= 0.6 is 0 Å². The minimum atomic E-state index is -0.370. The molecule has 0 bridgehead atoms. The van der Waals surface area contributed by atoms with Crippen LogP contribution in [0.25, 0.3) is 5.57 Å². The molecule has 0 aromatic heterocycles. The number of nitrogens with zero attached hydrogens (tertiary/aromatic N) is 1. The monoisotopic (exact) mass is 398 g/mol. The summed E-state index contributed by atoms with van der Waals surface area (Å²) in [6.07, 6.45) is 15.3. The average Bonchev–Trinajstić information content (AvgIpc) is 2.69. The number of allylic oxidation sites excluding steroid dienone is 8. The van der Waals surface area contributed by atoms with Crippen molar-refractivity contribution in [3.05, 3.63) is 71.4 Å². The van der Waals surface area contributed by atoms with Gasteiger partial charge in [0.05, 0.1) is 24.5 Å². The van der Waals surface area contributed by atoms with Gasteiger partial charge in [0.25, 0.3) is 0 Å². The van der Waals surface area contributed by atoms with E-state index in [0.29, 0.717) is 19.8 Å². The molecule has 1 atom stereocenters. The van der Waals surface area contributed by atoms with Gasteiger partial charge in [-0.1, -0.05) is 36.3 Å². The third-order valence-corrected chi connectivity index (χ3v) is 6.56. The van der Waals surface area contributed by atoms with Crippen LogP contribution < -0.4 is 10.5 Å². The van der Waals surface area contributed by atoms with Crippen molar-refractivity contribution in [3.63, 3.8) is 0 Å². The minimum absolute atomic E-state index is 0.129. The highest BCUT2D eigenvalue weighted by Gasteiger charge is 2.61. The van der Waals surface area contributed by atoms with Gasteiger partial charge in [0.1, 0.15) is 17.9 Å². The standard InChI is InChI=1S/C26H26N2O2/c1-2-7-19-8-4-3-5-9-20(14-19)21-11-12-23-22(15-21)26(13-6-10-24(27)28-26)25(18-30-23)16-29-17-25/h3-5,8-9,11-12,14-15H,6,10,13,16-18H2,1H3,(H2,27,28)/b4-3?,5-3+,8-4+,9-5?,19-8?,19-14-,20-9+,20-14?. The molecule has 4 heteroatoms. The first-order chi connectivity index (χ1) is 14.7. The minimum Gasteiger partial charge on any atom is -0.492 e. The zero-order valence-electron chi connectivity index (χ0n) is 17.3. The summed E-state index contributed by atoms with van der Waals surface area (Å²) in [7, 11) is 0. The molecule has 1 aromatic rings. The van der Waals surface area contributed by atoms with Gasteiger partial charge in [0.15, 0.2) is 0 Å². The van der Waals surface area contributed by atoms with E-state index < -0.39 is 0 Å². The molecule has 2 N–H and O–H groups in total. The second-order valence-corrected chi connectivity index (χ2v) is 8.43. The Morgan fingerprint density at radius 1 is 1.13 bits per heavy atom. The van der Waals surface area contributed by atoms with E-state index in [4.69, 9.17) is 20.2 Å². The summed E-state index contributed by atoms with van der Waals surface area (Å²) in [4.78, 5) is 5.11. The summed E-state index contributed by atoms with van der Waals surface area (Å²) in [6.45, 7) is 3.82. The number of fused-ring (bicyclic) bond motifs is 3. The van der Waals surface area contributed by atoms with E-state index in [1.165, 1.54) is 0 Å². The molecule has 1 aliphatic carbocycles. The third-order valence-electron chi connectivity index (χ3n) is 6.56. The van der Waals surface area contributed by atoms with Crippen LogP contribution in [0, 0.1) is 17.3 Å². The largest absolute Gasteiger partial charge is 0.492 e. The summed E-state index contributed by atoms with van der Waals surface area (Å²) in [5.74, 6) is 7.83. The molecule has 3 heterocycles. The molecule has 4 aliphatic rings. The lowest BCUT2D eigenvalue weighted by atomic mass is 9.60. The summed E-state index contributed by atoms with van der Waals surface area (Å²) in [6, 6.07) is 6.45. The van der Waals surface area contributed by atoms with E-state index in [2.05, 4.69) is 48.3 Å². The smallest absolute Gasteiger partial charge is 0.125 e. The lowest BCUT2D eigenvalue weighted by Crippen LogP contribution is -2.63. The van der Waals surface area contributed by atoms with Crippen molar-refractivity contribution in [2.45, 2.75) is 31.7 Å². The molecule has 0 saturated carbocycles. The van der Waals surface area contributed by atoms with Crippen LogP contribution in [0.4, 0.5) is 0 Å². The van der Waals surface area contributed by atoms with Gasteiger partial charge in [-0.25, -0.2) is 0 Å². The fourth-order valence-corrected chi connectivity index (χ4v) is 4.96. The first-order valence-corrected chi connectivity index (χ1v) is 10.5. The zero-order valence-corrected chi connectivity index (χ0v) is 17.3. The number of hydrogen-bond acceptors (Lipinski definition) is 4. The summed E-state index contributed by atoms with van der Waals surface area (Å²) < 4.78 is 11.9. The van der Waals surface area contributed by atoms with Crippen molar-refractivity contribution in [3.8, 4) is 17.6 Å². The Morgan fingerprint density at radius 3 is 2.80 bits per heavy atom. The van der Waals surface area contributed by atoms with Gasteiger partial charge < -0.3 is 15.2 Å². The first-order valence-electron chi connectivity index (χ1n) is 10.5. The van der Waals surface area contributed by atoms with Crippen LogP contribution in [0.15, 0.2) is 65.2 Å². The summed E-state index contributed by atoms with van der Waals surface area (Å²) in [5, 5.41) is 0. The Kier molecular flexibility index (Phi) is 4.64. The van der Waals surface area contributed by atoms with Crippen molar-refractivity contribution in [2.24, 2.45) is 16.1 Å². The average molecular weight is 399 g/mol. The van der Waals surface area contributed by atoms with E-state index in [0.717, 1.165) is 53.1 Å². The van der Waals surface area contributed by atoms with E-state index in [-0.39, 0.29) is 11.0 Å². The predicted octanol–water partition coefficient (Wildman–Crippen LogP) is 4.29. The molecule has 5 rings (SSSR count). The first kappa shape index (κ1) is 19.0. The molecule has 2 spiro atoms. The number of nitrogens with two attached hydrogens (primary N) is 1. The number of ether oxygens (including phenoxy) is 2. The molecule has 1 saturated heterocycles. The molecule has 0 amide bonds. The van der Waals surface area contributed by atoms with Gasteiger partial charge >= 0.3 is 0 Å². The van der Waals surface area contributed by atoms with Gasteiger partial charge in [-0.2, -0.15) is 0 Å². The molecule has 4 nitrogen and oxygen atoms in total. The Hall–Kier alpha value is -3.03. The lowest BCUT2D eigenvalue weighted by molar-refractivity contribution is -0.185. The molecule has 0 radical (unpaired) electrons. The van der Waals surface area contributed by atoms with Crippen LogP contribution in [-0.2, 0) is 10.3 Å². The molecule has 1 fully saturated rings. The van der Waals surface area contributed by atoms with Crippen molar-refractivity contribution in [1.29, 1.82) is 0 Å². The normalized spacial score (nSPS) is 31.7. The maximum Gasteiger partial charge on any atom is 0.125 e. The lowest BCUT2D eigenvalue weighted by Gasteiger charge is -2.56. The second kappa shape index (κ2) is 7.34. The maximum atomic E-state index is 6.28. The fraction of sp³-hybridized carbons (Fsp3) is 0.346. The van der Waals surface area contributed by atoms with E-state index in [1.807, 2.05) is 25.2 Å². The summed E-state index contributed by atoms with van der Waals surface area (Å²) >= 11 is 0. The number of hydrogen-bond donors (Lipinski definition) is 1. The number of aliphatic imine (C=N–C) groups is 1. The molecule has 1 unspecified atom stereocenters.